The predicted octanol–water partition coefficient (Wildman–Crippen LogP) is 1.60. The molecule has 0 aromatic carbocycles. The first-order chi connectivity index (χ1) is 7.67. The van der Waals surface area contributed by atoms with Crippen molar-refractivity contribution in [1.82, 2.24) is 4.90 Å². The van der Waals surface area contributed by atoms with Gasteiger partial charge >= 0.3 is 0 Å². The van der Waals surface area contributed by atoms with Gasteiger partial charge in [-0.25, -0.2) is 0 Å². The summed E-state index contributed by atoms with van der Waals surface area (Å²) in [4.78, 5) is 2.41. The zero-order chi connectivity index (χ0) is 12.0. The molecule has 1 unspecified atom stereocenters. The van der Waals surface area contributed by atoms with Crippen LogP contribution in [0.4, 0.5) is 0 Å². The van der Waals surface area contributed by atoms with Gasteiger partial charge in [-0.15, -0.1) is 0 Å². The van der Waals surface area contributed by atoms with E-state index in [-0.39, 0.29) is 6.10 Å². The molecule has 16 heavy (non-hydrogen) atoms. The molecule has 1 aliphatic carbocycles. The Morgan fingerprint density at radius 2 is 1.94 bits per heavy atom. The molecule has 0 aromatic rings. The highest BCUT2D eigenvalue weighted by Gasteiger charge is 2.22. The molecule has 0 saturated heterocycles. The third-order valence-corrected chi connectivity index (χ3v) is 4.10. The van der Waals surface area contributed by atoms with Crippen LogP contribution in [0.3, 0.4) is 0 Å². The summed E-state index contributed by atoms with van der Waals surface area (Å²) in [5, 5.41) is 9.43. The highest BCUT2D eigenvalue weighted by atomic mass is 16.3. The molecule has 1 rings (SSSR count). The fraction of sp³-hybridized carbons (Fsp3) is 1.00. The minimum Gasteiger partial charge on any atom is -0.392 e. The first kappa shape index (κ1) is 13.9. The molecule has 1 atom stereocenters. The topological polar surface area (TPSA) is 49.5 Å². The maximum absolute atomic E-state index is 9.43. The molecule has 96 valence electrons. The summed E-state index contributed by atoms with van der Waals surface area (Å²) in [5.74, 6) is 0.958. The fourth-order valence-corrected chi connectivity index (χ4v) is 2.65. The lowest BCUT2D eigenvalue weighted by atomic mass is 9.84. The molecule has 0 aromatic heterocycles. The van der Waals surface area contributed by atoms with Crippen LogP contribution in [0, 0.1) is 5.92 Å². The van der Waals surface area contributed by atoms with Crippen LogP contribution < -0.4 is 5.73 Å². The quantitative estimate of drug-likeness (QED) is 0.726. The Bertz CT molecular complexity index is 179. The highest BCUT2D eigenvalue weighted by molar-refractivity contribution is 4.78. The van der Waals surface area contributed by atoms with E-state index in [1.165, 1.54) is 32.1 Å². The second-order valence-corrected chi connectivity index (χ2v) is 5.24. The summed E-state index contributed by atoms with van der Waals surface area (Å²) in [6.45, 7) is 3.66. The van der Waals surface area contributed by atoms with Gasteiger partial charge in [-0.3, -0.25) is 0 Å². The molecule has 3 nitrogen and oxygen atoms in total. The SMILES string of the molecule is CCC1CCC(N(C)CCC(O)CN)CC1. The van der Waals surface area contributed by atoms with E-state index in [0.717, 1.165) is 24.9 Å². The first-order valence-electron chi connectivity index (χ1n) is 6.75. The van der Waals surface area contributed by atoms with E-state index in [1.54, 1.807) is 0 Å². The summed E-state index contributed by atoms with van der Waals surface area (Å²) in [6, 6.07) is 0.729. The zero-order valence-electron chi connectivity index (χ0n) is 10.9. The normalized spacial score (nSPS) is 28.3. The van der Waals surface area contributed by atoms with Gasteiger partial charge in [0.1, 0.15) is 0 Å². The molecule has 0 radical (unpaired) electrons. The predicted molar refractivity (Wildman–Crippen MR) is 68.3 cm³/mol. The van der Waals surface area contributed by atoms with Crippen LogP contribution in [0.1, 0.15) is 45.4 Å². The summed E-state index contributed by atoms with van der Waals surface area (Å²) in [7, 11) is 2.18. The molecule has 1 fully saturated rings. The third kappa shape index (κ3) is 4.40. The van der Waals surface area contributed by atoms with Gasteiger partial charge in [-0.05, 0) is 45.1 Å². The maximum Gasteiger partial charge on any atom is 0.0674 e. The molecular formula is C13H28N2O. The molecule has 3 heteroatoms. The first-order valence-corrected chi connectivity index (χ1v) is 6.75. The molecule has 0 aliphatic heterocycles. The largest absolute Gasteiger partial charge is 0.392 e. The molecule has 0 bridgehead atoms. The van der Waals surface area contributed by atoms with Crippen molar-refractivity contribution < 1.29 is 5.11 Å². The molecule has 1 aliphatic rings. The van der Waals surface area contributed by atoms with Gasteiger partial charge in [0.25, 0.3) is 0 Å². The fourth-order valence-electron chi connectivity index (χ4n) is 2.65. The zero-order valence-corrected chi connectivity index (χ0v) is 10.9. The second kappa shape index (κ2) is 7.25. The van der Waals surface area contributed by atoms with Crippen LogP contribution in [0.25, 0.3) is 0 Å². The van der Waals surface area contributed by atoms with Crippen molar-refractivity contribution in [2.24, 2.45) is 11.7 Å². The lowest BCUT2D eigenvalue weighted by Gasteiger charge is -2.34. The summed E-state index contributed by atoms with van der Waals surface area (Å²) in [6.07, 6.45) is 7.23. The summed E-state index contributed by atoms with van der Waals surface area (Å²) < 4.78 is 0. The van der Waals surface area contributed by atoms with E-state index in [0.29, 0.717) is 6.54 Å². The van der Waals surface area contributed by atoms with Crippen molar-refractivity contribution in [2.45, 2.75) is 57.6 Å². The van der Waals surface area contributed by atoms with Crippen LogP contribution in [0.15, 0.2) is 0 Å². The van der Waals surface area contributed by atoms with Gasteiger partial charge in [0, 0.05) is 19.1 Å². The molecule has 3 N–H and O–H groups in total. The number of hydrogen-bond acceptors (Lipinski definition) is 3. The van der Waals surface area contributed by atoms with Gasteiger partial charge in [0.2, 0.25) is 0 Å². The monoisotopic (exact) mass is 228 g/mol. The van der Waals surface area contributed by atoms with Crippen LogP contribution >= 0.6 is 0 Å². The lowest BCUT2D eigenvalue weighted by molar-refractivity contribution is 0.120. The van der Waals surface area contributed by atoms with Crippen molar-refractivity contribution in [2.75, 3.05) is 20.1 Å². The average Bonchev–Trinajstić information content (AvgIpc) is 2.35. The van der Waals surface area contributed by atoms with Crippen molar-refractivity contribution in [3.63, 3.8) is 0 Å². The van der Waals surface area contributed by atoms with Crippen molar-refractivity contribution in [1.29, 1.82) is 0 Å². The Labute approximate surface area is 100 Å². The Balaban J connectivity index is 2.20. The van der Waals surface area contributed by atoms with E-state index < -0.39 is 0 Å². The Morgan fingerprint density at radius 3 is 2.44 bits per heavy atom. The van der Waals surface area contributed by atoms with Gasteiger partial charge in [-0.1, -0.05) is 13.3 Å². The number of nitrogens with two attached hydrogens (primary N) is 1. The minimum absolute atomic E-state index is 0.325. The van der Waals surface area contributed by atoms with E-state index in [9.17, 15) is 5.11 Å². The molecule has 0 spiro atoms. The third-order valence-electron chi connectivity index (χ3n) is 4.10. The van der Waals surface area contributed by atoms with Crippen molar-refractivity contribution >= 4 is 0 Å². The molecular weight excluding hydrogens is 200 g/mol. The van der Waals surface area contributed by atoms with Crippen LogP contribution in [0.5, 0.6) is 0 Å². The van der Waals surface area contributed by atoms with Gasteiger partial charge < -0.3 is 15.7 Å². The van der Waals surface area contributed by atoms with Crippen LogP contribution in [-0.4, -0.2) is 42.3 Å². The maximum atomic E-state index is 9.43. The smallest absolute Gasteiger partial charge is 0.0674 e. The Hall–Kier alpha value is -0.120. The summed E-state index contributed by atoms with van der Waals surface area (Å²) in [5.41, 5.74) is 5.40. The molecule has 0 heterocycles. The second-order valence-electron chi connectivity index (χ2n) is 5.24. The van der Waals surface area contributed by atoms with Crippen molar-refractivity contribution in [3.05, 3.63) is 0 Å². The van der Waals surface area contributed by atoms with Gasteiger partial charge in [0.15, 0.2) is 0 Å². The Morgan fingerprint density at radius 1 is 1.31 bits per heavy atom. The van der Waals surface area contributed by atoms with Gasteiger partial charge in [0.05, 0.1) is 6.10 Å². The summed E-state index contributed by atoms with van der Waals surface area (Å²) >= 11 is 0. The average molecular weight is 228 g/mol. The van der Waals surface area contributed by atoms with E-state index >= 15 is 0 Å². The highest BCUT2D eigenvalue weighted by Crippen LogP contribution is 2.28. The van der Waals surface area contributed by atoms with Crippen LogP contribution in [-0.2, 0) is 0 Å². The molecule has 1 saturated carbocycles. The number of aliphatic hydroxyl groups excluding tert-OH is 1. The number of nitrogens with zero attached hydrogens (tertiary/aromatic N) is 1. The van der Waals surface area contributed by atoms with Gasteiger partial charge in [-0.2, -0.15) is 0 Å². The van der Waals surface area contributed by atoms with Crippen molar-refractivity contribution in [3.8, 4) is 0 Å². The van der Waals surface area contributed by atoms with E-state index in [4.69, 9.17) is 5.73 Å². The number of hydrogen-bond donors (Lipinski definition) is 2. The van der Waals surface area contributed by atoms with Crippen LogP contribution in [0.2, 0.25) is 0 Å². The minimum atomic E-state index is -0.325. The standard InChI is InChI=1S/C13H28N2O/c1-3-11-4-6-12(7-5-11)15(2)9-8-13(16)10-14/h11-13,16H,3-10,14H2,1-2H3. The van der Waals surface area contributed by atoms with E-state index in [2.05, 4.69) is 18.9 Å². The number of rotatable bonds is 6. The van der Waals surface area contributed by atoms with E-state index in [1.807, 2.05) is 0 Å². The number of aliphatic hydroxyl groups is 1. The molecule has 0 amide bonds. The lowest BCUT2D eigenvalue weighted by Crippen LogP contribution is -2.37. The Kier molecular flexibility index (Phi) is 6.32.